The lowest BCUT2D eigenvalue weighted by Gasteiger charge is -2.11. The second-order valence-electron chi connectivity index (χ2n) is 3.20. The van der Waals surface area contributed by atoms with E-state index >= 15 is 0 Å². The van der Waals surface area contributed by atoms with Crippen LogP contribution in [0.3, 0.4) is 0 Å². The molecule has 74 valence electrons. The van der Waals surface area contributed by atoms with Crippen molar-refractivity contribution in [3.8, 4) is 6.07 Å². The van der Waals surface area contributed by atoms with Crippen molar-refractivity contribution >= 4 is 23.0 Å². The first-order chi connectivity index (χ1) is 6.56. The van der Waals surface area contributed by atoms with Gasteiger partial charge in [0.2, 0.25) is 0 Å². The predicted molar refractivity (Wildman–Crippen MR) is 59.2 cm³/mol. The van der Waals surface area contributed by atoms with Crippen LogP contribution in [0.2, 0.25) is 0 Å². The summed E-state index contributed by atoms with van der Waals surface area (Å²) in [4.78, 5) is 0. The second-order valence-corrected chi connectivity index (χ2v) is 7.02. The average Bonchev–Trinajstić information content (AvgIpc) is 2.18. The highest BCUT2D eigenvalue weighted by Crippen LogP contribution is 2.51. The fraction of sp³-hybridized carbons (Fsp3) is 0.300. The van der Waals surface area contributed by atoms with Gasteiger partial charge >= 0.3 is 0 Å². The Morgan fingerprint density at radius 3 is 2.57 bits per heavy atom. The molecule has 2 unspecified atom stereocenters. The van der Waals surface area contributed by atoms with Gasteiger partial charge in [0.05, 0.1) is 12.0 Å². The molecule has 2 nitrogen and oxygen atoms in total. The van der Waals surface area contributed by atoms with Gasteiger partial charge in [-0.15, -0.1) is 0 Å². The Kier molecular flexibility index (Phi) is 3.75. The second kappa shape index (κ2) is 4.64. The maximum atomic E-state index is 12.0. The van der Waals surface area contributed by atoms with Gasteiger partial charge in [-0.25, -0.2) is 0 Å². The number of hydrogen-bond acceptors (Lipinski definition) is 2. The maximum absolute atomic E-state index is 12.0. The molecule has 0 saturated heterocycles. The summed E-state index contributed by atoms with van der Waals surface area (Å²) in [7, 11) is 0. The Morgan fingerprint density at radius 2 is 2.07 bits per heavy atom. The summed E-state index contributed by atoms with van der Waals surface area (Å²) in [6.07, 6.45) is 0.231. The van der Waals surface area contributed by atoms with Crippen LogP contribution in [-0.2, 0) is 4.57 Å². The van der Waals surface area contributed by atoms with E-state index < -0.39 is 6.49 Å². The van der Waals surface area contributed by atoms with E-state index in [-0.39, 0.29) is 12.1 Å². The number of halogens is 1. The van der Waals surface area contributed by atoms with Crippen LogP contribution < -0.4 is 5.30 Å². The summed E-state index contributed by atoms with van der Waals surface area (Å²) in [5.74, 6) is -0.279. The molecule has 0 fully saturated rings. The zero-order chi connectivity index (χ0) is 10.6. The van der Waals surface area contributed by atoms with E-state index in [1.165, 1.54) is 0 Å². The average molecular weight is 228 g/mol. The summed E-state index contributed by atoms with van der Waals surface area (Å²) in [5, 5.41) is 9.24. The van der Waals surface area contributed by atoms with Crippen molar-refractivity contribution in [3.05, 3.63) is 30.3 Å². The van der Waals surface area contributed by atoms with E-state index in [4.69, 9.17) is 16.5 Å². The van der Waals surface area contributed by atoms with Gasteiger partial charge in [-0.3, -0.25) is 0 Å². The molecule has 0 radical (unpaired) electrons. The standard InChI is InChI=1S/C10H11ClNOP/c1-9(7-12)8-14(11,13)10-5-3-2-4-6-10/h2-6,9H,8H2,1H3. The van der Waals surface area contributed by atoms with Crippen molar-refractivity contribution < 1.29 is 4.57 Å². The molecule has 0 saturated carbocycles. The van der Waals surface area contributed by atoms with Gasteiger partial charge in [-0.05, 0) is 18.2 Å². The van der Waals surface area contributed by atoms with Crippen molar-refractivity contribution in [3.63, 3.8) is 0 Å². The van der Waals surface area contributed by atoms with Crippen LogP contribution in [0.15, 0.2) is 30.3 Å². The molecule has 2 atom stereocenters. The topological polar surface area (TPSA) is 40.9 Å². The van der Waals surface area contributed by atoms with Crippen molar-refractivity contribution in [1.82, 2.24) is 0 Å². The van der Waals surface area contributed by atoms with Gasteiger partial charge in [0.1, 0.15) is 0 Å². The summed E-state index contributed by atoms with van der Waals surface area (Å²) in [5.41, 5.74) is 0. The van der Waals surface area contributed by atoms with Gasteiger partial charge in [-0.1, -0.05) is 30.3 Å². The van der Waals surface area contributed by atoms with Crippen LogP contribution in [-0.4, -0.2) is 6.16 Å². The van der Waals surface area contributed by atoms with Crippen LogP contribution in [0.1, 0.15) is 6.92 Å². The number of nitriles is 1. The number of rotatable bonds is 3. The molecule has 1 aromatic rings. The molecule has 0 bridgehead atoms. The van der Waals surface area contributed by atoms with Gasteiger partial charge in [0, 0.05) is 11.5 Å². The smallest absolute Gasteiger partial charge is 0.198 e. The summed E-state index contributed by atoms with van der Waals surface area (Å²) < 4.78 is 12.0. The van der Waals surface area contributed by atoms with E-state index in [0.717, 1.165) is 0 Å². The maximum Gasteiger partial charge on any atom is 0.198 e. The first kappa shape index (κ1) is 11.3. The molecule has 0 aliphatic heterocycles. The van der Waals surface area contributed by atoms with E-state index in [9.17, 15) is 4.57 Å². The zero-order valence-electron chi connectivity index (χ0n) is 7.85. The van der Waals surface area contributed by atoms with Crippen molar-refractivity contribution in [2.45, 2.75) is 6.92 Å². The zero-order valence-corrected chi connectivity index (χ0v) is 9.50. The van der Waals surface area contributed by atoms with Gasteiger partial charge in [0.15, 0.2) is 6.49 Å². The fourth-order valence-electron chi connectivity index (χ4n) is 1.15. The molecular formula is C10H11ClNOP. The molecular weight excluding hydrogens is 217 g/mol. The van der Waals surface area contributed by atoms with Gasteiger partial charge in [0.25, 0.3) is 0 Å². The number of benzene rings is 1. The molecule has 0 spiro atoms. The minimum atomic E-state index is -2.87. The summed E-state index contributed by atoms with van der Waals surface area (Å²) in [6, 6.07) is 10.9. The van der Waals surface area contributed by atoms with Crippen molar-refractivity contribution in [2.75, 3.05) is 6.16 Å². The molecule has 0 N–H and O–H groups in total. The van der Waals surface area contributed by atoms with Crippen molar-refractivity contribution in [2.24, 2.45) is 5.92 Å². The Morgan fingerprint density at radius 1 is 1.50 bits per heavy atom. The fourth-order valence-corrected chi connectivity index (χ4v) is 3.72. The Hall–Kier alpha value is -0.770. The van der Waals surface area contributed by atoms with E-state index in [0.29, 0.717) is 5.30 Å². The Bertz CT molecular complexity index is 385. The Balaban J connectivity index is 2.88. The summed E-state index contributed by atoms with van der Waals surface area (Å²) >= 11 is 5.94. The highest BCUT2D eigenvalue weighted by atomic mass is 35.7. The lowest BCUT2D eigenvalue weighted by molar-refractivity contribution is 0.586. The Labute approximate surface area is 88.7 Å². The monoisotopic (exact) mass is 227 g/mol. The van der Waals surface area contributed by atoms with Crippen LogP contribution >= 0.6 is 17.7 Å². The highest BCUT2D eigenvalue weighted by Gasteiger charge is 2.23. The molecule has 1 aromatic carbocycles. The molecule has 0 aliphatic carbocycles. The molecule has 0 aromatic heterocycles. The molecule has 0 amide bonds. The molecule has 1 rings (SSSR count). The quantitative estimate of drug-likeness (QED) is 0.745. The predicted octanol–water partition coefficient (Wildman–Crippen LogP) is 2.99. The number of hydrogen-bond donors (Lipinski definition) is 0. The third kappa shape index (κ3) is 2.87. The van der Waals surface area contributed by atoms with E-state index in [1.54, 1.807) is 31.2 Å². The number of nitrogens with zero attached hydrogens (tertiary/aromatic N) is 1. The molecule has 0 aliphatic rings. The first-order valence-corrected chi connectivity index (χ1v) is 7.10. The SMILES string of the molecule is CC(C#N)CP(=O)(Cl)c1ccccc1. The van der Waals surface area contributed by atoms with Crippen LogP contribution in [0.25, 0.3) is 0 Å². The van der Waals surface area contributed by atoms with Gasteiger partial charge in [-0.2, -0.15) is 5.26 Å². The lowest BCUT2D eigenvalue weighted by atomic mass is 10.3. The van der Waals surface area contributed by atoms with Crippen LogP contribution in [0.5, 0.6) is 0 Å². The minimum absolute atomic E-state index is 0.231. The normalized spacial score (nSPS) is 16.6. The minimum Gasteiger partial charge on any atom is -0.302 e. The molecule has 14 heavy (non-hydrogen) atoms. The van der Waals surface area contributed by atoms with Crippen molar-refractivity contribution in [1.29, 1.82) is 5.26 Å². The largest absolute Gasteiger partial charge is 0.302 e. The van der Waals surface area contributed by atoms with E-state index in [2.05, 4.69) is 0 Å². The highest BCUT2D eigenvalue weighted by molar-refractivity contribution is 7.95. The van der Waals surface area contributed by atoms with Crippen LogP contribution in [0, 0.1) is 17.2 Å². The van der Waals surface area contributed by atoms with Crippen LogP contribution in [0.4, 0.5) is 0 Å². The first-order valence-electron chi connectivity index (χ1n) is 4.30. The molecule has 0 heterocycles. The van der Waals surface area contributed by atoms with E-state index in [1.807, 2.05) is 12.1 Å². The summed E-state index contributed by atoms with van der Waals surface area (Å²) in [6.45, 7) is -1.15. The van der Waals surface area contributed by atoms with Gasteiger partial charge < -0.3 is 4.57 Å². The lowest BCUT2D eigenvalue weighted by Crippen LogP contribution is -2.07. The third-order valence-electron chi connectivity index (χ3n) is 1.87. The third-order valence-corrected chi connectivity index (χ3v) is 4.96. The molecule has 4 heteroatoms.